The third kappa shape index (κ3) is 6.96. The number of fused-ring (bicyclic) bond motifs is 4. The molecule has 0 aliphatic carbocycles. The van der Waals surface area contributed by atoms with Gasteiger partial charge in [-0.2, -0.15) is 0 Å². The van der Waals surface area contributed by atoms with Crippen molar-refractivity contribution < 1.29 is 9.47 Å². The molecule has 3 heterocycles. The maximum Gasteiger partial charge on any atom is 0.164 e. The highest BCUT2D eigenvalue weighted by Crippen LogP contribution is 2.53. The second kappa shape index (κ2) is 16.0. The van der Waals surface area contributed by atoms with Crippen LogP contribution in [-0.4, -0.2) is 15.0 Å². The molecular formula is C57H38N6O2. The van der Waals surface area contributed by atoms with Gasteiger partial charge in [-0.3, -0.25) is 0 Å². The molecule has 0 saturated carbocycles. The van der Waals surface area contributed by atoms with E-state index in [2.05, 4.69) is 112 Å². The van der Waals surface area contributed by atoms with E-state index in [9.17, 15) is 0 Å². The summed E-state index contributed by atoms with van der Waals surface area (Å²) in [7, 11) is 0. The molecule has 1 aromatic heterocycles. The predicted octanol–water partition coefficient (Wildman–Crippen LogP) is 15.5. The second-order valence-corrected chi connectivity index (χ2v) is 15.7. The van der Waals surface area contributed by atoms with Crippen LogP contribution in [0.3, 0.4) is 0 Å². The van der Waals surface area contributed by atoms with Crippen molar-refractivity contribution in [3.05, 3.63) is 231 Å². The normalized spacial score (nSPS) is 12.2. The van der Waals surface area contributed by atoms with Gasteiger partial charge in [-0.05, 0) is 109 Å². The van der Waals surface area contributed by atoms with Crippen molar-refractivity contribution in [1.29, 1.82) is 0 Å². The molecule has 0 fully saturated rings. The second-order valence-electron chi connectivity index (χ2n) is 15.7. The molecule has 65 heavy (non-hydrogen) atoms. The topological polar surface area (TPSA) is 66.9 Å². The summed E-state index contributed by atoms with van der Waals surface area (Å²) in [5.41, 5.74) is 11.5. The molecule has 0 spiro atoms. The van der Waals surface area contributed by atoms with Crippen LogP contribution in [0.2, 0.25) is 0 Å². The van der Waals surface area contributed by atoms with Crippen molar-refractivity contribution in [2.75, 3.05) is 14.7 Å². The number of hydrogen-bond donors (Lipinski definition) is 0. The lowest BCUT2D eigenvalue weighted by molar-refractivity contribution is 0.477. The molecule has 9 aromatic carbocycles. The van der Waals surface area contributed by atoms with Crippen LogP contribution in [0, 0.1) is 0 Å². The summed E-state index contributed by atoms with van der Waals surface area (Å²) < 4.78 is 12.8. The average Bonchev–Trinajstić information content (AvgIpc) is 3.38. The van der Waals surface area contributed by atoms with Crippen LogP contribution >= 0.6 is 0 Å². The molecule has 0 saturated heterocycles. The van der Waals surface area contributed by atoms with Gasteiger partial charge in [0.2, 0.25) is 0 Å². The molecule has 0 N–H and O–H groups in total. The molecule has 12 rings (SSSR count). The fourth-order valence-corrected chi connectivity index (χ4v) is 8.65. The molecule has 0 atom stereocenters. The van der Waals surface area contributed by atoms with Crippen LogP contribution in [-0.2, 0) is 0 Å². The molecule has 0 bridgehead atoms. The number of benzene rings is 9. The maximum atomic E-state index is 6.40. The number of aromatic nitrogens is 3. The van der Waals surface area contributed by atoms with Crippen molar-refractivity contribution in [3.8, 4) is 57.2 Å². The van der Waals surface area contributed by atoms with E-state index in [-0.39, 0.29) is 0 Å². The summed E-state index contributed by atoms with van der Waals surface area (Å²) in [6.07, 6.45) is 0. The Labute approximate surface area is 376 Å². The van der Waals surface area contributed by atoms with Gasteiger partial charge in [0.15, 0.2) is 40.5 Å². The molecule has 2 aliphatic heterocycles. The highest BCUT2D eigenvalue weighted by molar-refractivity contribution is 5.91. The Morgan fingerprint density at radius 2 is 0.631 bits per heavy atom. The molecule has 0 amide bonds. The molecule has 8 heteroatoms. The lowest BCUT2D eigenvalue weighted by Crippen LogP contribution is -2.17. The van der Waals surface area contributed by atoms with Gasteiger partial charge in [-0.15, -0.1) is 0 Å². The largest absolute Gasteiger partial charge is 0.453 e. The van der Waals surface area contributed by atoms with Crippen molar-refractivity contribution in [2.45, 2.75) is 0 Å². The Hall–Kier alpha value is -9.01. The maximum absolute atomic E-state index is 6.40. The molecule has 0 unspecified atom stereocenters. The Balaban J connectivity index is 1.00. The summed E-state index contributed by atoms with van der Waals surface area (Å²) >= 11 is 0. The Kier molecular flexibility index (Phi) is 9.31. The van der Waals surface area contributed by atoms with Gasteiger partial charge in [0.05, 0.1) is 22.7 Å². The molecule has 308 valence electrons. The Morgan fingerprint density at radius 1 is 0.292 bits per heavy atom. The first-order valence-electron chi connectivity index (χ1n) is 21.5. The van der Waals surface area contributed by atoms with Crippen LogP contribution in [0.25, 0.3) is 34.2 Å². The number of hydrogen-bond acceptors (Lipinski definition) is 8. The molecule has 0 radical (unpaired) electrons. The SMILES string of the molecule is c1ccc(-c2nc(-c3ccccc3)nc(-c3ccc(N(c4cccc(N5c6ccccc6Oc6ccccc65)c4)c4cccc(N5c6ccccc6Oc6ccccc65)c4)cc3)n2)cc1. The third-order valence-corrected chi connectivity index (χ3v) is 11.6. The highest BCUT2D eigenvalue weighted by atomic mass is 16.5. The fourth-order valence-electron chi connectivity index (χ4n) is 8.65. The van der Waals surface area contributed by atoms with Crippen LogP contribution in [0.5, 0.6) is 23.0 Å². The van der Waals surface area contributed by atoms with Gasteiger partial charge in [-0.1, -0.05) is 121 Å². The minimum Gasteiger partial charge on any atom is -0.453 e. The van der Waals surface area contributed by atoms with Gasteiger partial charge in [0.1, 0.15) is 0 Å². The fraction of sp³-hybridized carbons (Fsp3) is 0. The van der Waals surface area contributed by atoms with Crippen LogP contribution in [0.15, 0.2) is 231 Å². The lowest BCUT2D eigenvalue weighted by Gasteiger charge is -2.34. The zero-order valence-corrected chi connectivity index (χ0v) is 34.9. The van der Waals surface area contributed by atoms with Gasteiger partial charge >= 0.3 is 0 Å². The van der Waals surface area contributed by atoms with Crippen LogP contribution in [0.4, 0.5) is 51.2 Å². The number of ether oxygens (including phenoxy) is 2. The predicted molar refractivity (Wildman–Crippen MR) is 260 cm³/mol. The third-order valence-electron chi connectivity index (χ3n) is 11.6. The first-order chi connectivity index (χ1) is 32.2. The van der Waals surface area contributed by atoms with Crippen molar-refractivity contribution in [3.63, 3.8) is 0 Å². The van der Waals surface area contributed by atoms with Crippen LogP contribution < -0.4 is 24.2 Å². The van der Waals surface area contributed by atoms with Gasteiger partial charge in [0.25, 0.3) is 0 Å². The van der Waals surface area contributed by atoms with Gasteiger partial charge in [-0.25, -0.2) is 15.0 Å². The zero-order chi connectivity index (χ0) is 43.1. The first kappa shape index (κ1) is 37.7. The van der Waals surface area contributed by atoms with Crippen molar-refractivity contribution in [2.24, 2.45) is 0 Å². The van der Waals surface area contributed by atoms with E-state index < -0.39 is 0 Å². The standard InChI is InChI=1S/C57H38N6O2/c1-3-17-39(18-4-1)55-58-56(40-19-5-2-6-20-40)60-57(59-55)41-33-35-42(36-34-41)61(43-21-15-23-45(37-43)62-47-25-7-11-29-51(47)64-52-30-12-8-26-48(52)62)44-22-16-24-46(38-44)63-49-27-9-13-31-53(49)65-54-32-14-10-28-50(54)63/h1-38H. The number of nitrogens with zero attached hydrogens (tertiary/aromatic N) is 6. The van der Waals surface area contributed by atoms with E-state index in [1.165, 1.54) is 0 Å². The highest BCUT2D eigenvalue weighted by Gasteiger charge is 2.28. The minimum absolute atomic E-state index is 0.592. The summed E-state index contributed by atoms with van der Waals surface area (Å²) in [6, 6.07) is 78.6. The first-order valence-corrected chi connectivity index (χ1v) is 21.5. The van der Waals surface area contributed by atoms with E-state index in [1.807, 2.05) is 133 Å². The smallest absolute Gasteiger partial charge is 0.164 e. The monoisotopic (exact) mass is 838 g/mol. The Morgan fingerprint density at radius 3 is 1.02 bits per heavy atom. The summed E-state index contributed by atoms with van der Waals surface area (Å²) in [5, 5.41) is 0. The quantitative estimate of drug-likeness (QED) is 0.150. The Bertz CT molecular complexity index is 3070. The number of rotatable bonds is 8. The molecule has 8 nitrogen and oxygen atoms in total. The molecule has 10 aromatic rings. The zero-order valence-electron chi connectivity index (χ0n) is 34.9. The van der Waals surface area contributed by atoms with Crippen molar-refractivity contribution in [1.82, 2.24) is 15.0 Å². The van der Waals surface area contributed by atoms with E-state index in [4.69, 9.17) is 24.4 Å². The summed E-state index contributed by atoms with van der Waals surface area (Å²) in [5.74, 6) is 5.02. The number of para-hydroxylation sites is 8. The summed E-state index contributed by atoms with van der Waals surface area (Å²) in [6.45, 7) is 0. The summed E-state index contributed by atoms with van der Waals surface area (Å²) in [4.78, 5) is 21.8. The average molecular weight is 839 g/mol. The molecular weight excluding hydrogens is 801 g/mol. The minimum atomic E-state index is 0.592. The van der Waals surface area contributed by atoms with Gasteiger partial charge in [0, 0.05) is 45.1 Å². The van der Waals surface area contributed by atoms with E-state index in [0.717, 1.165) is 90.9 Å². The van der Waals surface area contributed by atoms with E-state index in [1.54, 1.807) is 0 Å². The van der Waals surface area contributed by atoms with Crippen molar-refractivity contribution >= 4 is 51.2 Å². The number of anilines is 9. The molecule has 2 aliphatic rings. The van der Waals surface area contributed by atoms with Crippen LogP contribution in [0.1, 0.15) is 0 Å². The van der Waals surface area contributed by atoms with E-state index >= 15 is 0 Å². The van der Waals surface area contributed by atoms with Gasteiger partial charge < -0.3 is 24.2 Å². The lowest BCUT2D eigenvalue weighted by atomic mass is 10.1. The van der Waals surface area contributed by atoms with E-state index in [0.29, 0.717) is 17.5 Å².